The highest BCUT2D eigenvalue weighted by Crippen LogP contribution is 2.31. The van der Waals surface area contributed by atoms with Gasteiger partial charge in [0.1, 0.15) is 11.4 Å². The molecule has 1 aromatic rings. The normalized spacial score (nSPS) is 10.6. The number of para-hydroxylation sites is 1. The van der Waals surface area contributed by atoms with E-state index in [0.29, 0.717) is 31.4 Å². The smallest absolute Gasteiger partial charge is 0.316 e. The van der Waals surface area contributed by atoms with Gasteiger partial charge in [-0.05, 0) is 24.5 Å². The highest BCUT2D eigenvalue weighted by Gasteiger charge is 2.18. The van der Waals surface area contributed by atoms with Crippen molar-refractivity contribution < 1.29 is 9.66 Å². The minimum atomic E-state index is -0.461. The molecule has 0 aliphatic carbocycles. The Hall–Kier alpha value is -1.86. The third-order valence-electron chi connectivity index (χ3n) is 2.78. The molecule has 1 rings (SSSR count). The van der Waals surface area contributed by atoms with E-state index in [4.69, 9.17) is 10.6 Å². The topological polar surface area (TPSA) is 102 Å². The molecule has 0 aliphatic rings. The number of nitrogens with zero attached hydrogens (tertiary/aromatic N) is 1. The molecular weight excluding hydrogens is 260 g/mol. The molecule has 0 aliphatic heterocycles. The van der Waals surface area contributed by atoms with Crippen LogP contribution < -0.4 is 16.6 Å². The number of benzene rings is 1. The molecular formula is C13H22N4O3. The number of nitro benzene ring substituents is 1. The Morgan fingerprint density at radius 2 is 2.05 bits per heavy atom. The van der Waals surface area contributed by atoms with Crippen LogP contribution >= 0.6 is 0 Å². The lowest BCUT2D eigenvalue weighted by Crippen LogP contribution is -2.14. The second-order valence-electron chi connectivity index (χ2n) is 4.82. The first-order chi connectivity index (χ1) is 9.56. The molecule has 0 atom stereocenters. The van der Waals surface area contributed by atoms with Gasteiger partial charge in [-0.25, -0.2) is 0 Å². The van der Waals surface area contributed by atoms with Gasteiger partial charge in [0.25, 0.3) is 0 Å². The largest absolute Gasteiger partial charge is 0.380 e. The Balaban J connectivity index is 2.49. The van der Waals surface area contributed by atoms with Crippen LogP contribution in [0.25, 0.3) is 0 Å². The van der Waals surface area contributed by atoms with Gasteiger partial charge >= 0.3 is 5.69 Å². The Bertz CT molecular complexity index is 438. The molecule has 7 heteroatoms. The van der Waals surface area contributed by atoms with Gasteiger partial charge in [0.15, 0.2) is 0 Å². The van der Waals surface area contributed by atoms with E-state index in [0.717, 1.165) is 6.42 Å². The Morgan fingerprint density at radius 3 is 2.65 bits per heavy atom. The highest BCUT2D eigenvalue weighted by atomic mass is 16.6. The van der Waals surface area contributed by atoms with Crippen molar-refractivity contribution in [2.75, 3.05) is 30.5 Å². The maximum Gasteiger partial charge on any atom is 0.316 e. The minimum absolute atomic E-state index is 0.0582. The van der Waals surface area contributed by atoms with Gasteiger partial charge < -0.3 is 15.5 Å². The van der Waals surface area contributed by atoms with Crippen molar-refractivity contribution in [3.05, 3.63) is 28.3 Å². The van der Waals surface area contributed by atoms with Crippen molar-refractivity contribution >= 4 is 17.1 Å². The predicted octanol–water partition coefficient (Wildman–Crippen LogP) is 2.35. The van der Waals surface area contributed by atoms with Crippen LogP contribution in [-0.2, 0) is 4.74 Å². The lowest BCUT2D eigenvalue weighted by atomic mass is 10.1. The molecule has 0 heterocycles. The molecule has 0 spiro atoms. The maximum absolute atomic E-state index is 11.1. The average molecular weight is 282 g/mol. The number of hydrogen-bond acceptors (Lipinski definition) is 6. The third-order valence-corrected chi connectivity index (χ3v) is 2.78. The Labute approximate surface area is 118 Å². The van der Waals surface area contributed by atoms with Crippen LogP contribution in [0, 0.1) is 16.0 Å². The number of nitrogen functional groups attached to an aromatic ring is 1. The molecule has 0 unspecified atom stereocenters. The third kappa shape index (κ3) is 5.02. The number of anilines is 2. The van der Waals surface area contributed by atoms with Crippen molar-refractivity contribution in [2.24, 2.45) is 11.8 Å². The van der Waals surface area contributed by atoms with Gasteiger partial charge in [0, 0.05) is 13.2 Å². The summed E-state index contributed by atoms with van der Waals surface area (Å²) in [6, 6.07) is 4.90. The number of nitro groups is 1. The first-order valence-electron chi connectivity index (χ1n) is 6.62. The summed E-state index contributed by atoms with van der Waals surface area (Å²) in [5.41, 5.74) is 2.98. The van der Waals surface area contributed by atoms with Crippen LogP contribution in [0.1, 0.15) is 20.3 Å². The fraction of sp³-hybridized carbons (Fsp3) is 0.538. The van der Waals surface area contributed by atoms with E-state index in [1.165, 1.54) is 0 Å². The van der Waals surface area contributed by atoms with Gasteiger partial charge in [0.05, 0.1) is 11.5 Å². The fourth-order valence-corrected chi connectivity index (χ4v) is 1.68. The van der Waals surface area contributed by atoms with Crippen molar-refractivity contribution in [2.45, 2.75) is 20.3 Å². The Kier molecular flexibility index (Phi) is 6.75. The van der Waals surface area contributed by atoms with Crippen LogP contribution in [0.4, 0.5) is 17.1 Å². The summed E-state index contributed by atoms with van der Waals surface area (Å²) in [6.45, 7) is 5.98. The summed E-state index contributed by atoms with van der Waals surface area (Å²) in [5.74, 6) is 5.88. The summed E-state index contributed by atoms with van der Waals surface area (Å²) in [7, 11) is 0. The number of ether oxygens (including phenoxy) is 1. The van der Waals surface area contributed by atoms with E-state index in [1.807, 2.05) is 0 Å². The molecule has 0 bridgehead atoms. The molecule has 0 saturated carbocycles. The quantitative estimate of drug-likeness (QED) is 0.278. The second kappa shape index (κ2) is 8.34. The highest BCUT2D eigenvalue weighted by molar-refractivity contribution is 5.75. The fourth-order valence-electron chi connectivity index (χ4n) is 1.68. The lowest BCUT2D eigenvalue weighted by Gasteiger charge is -2.10. The SMILES string of the molecule is CC(C)CCOCCNc1cccc(NN)c1[N+](=O)[O-]. The van der Waals surface area contributed by atoms with Gasteiger partial charge in [0.2, 0.25) is 0 Å². The molecule has 0 aromatic heterocycles. The van der Waals surface area contributed by atoms with Crippen molar-refractivity contribution in [1.82, 2.24) is 0 Å². The number of rotatable bonds is 9. The van der Waals surface area contributed by atoms with E-state index in [1.54, 1.807) is 18.2 Å². The van der Waals surface area contributed by atoms with Gasteiger partial charge in [-0.3, -0.25) is 16.0 Å². The van der Waals surface area contributed by atoms with Crippen LogP contribution in [0.15, 0.2) is 18.2 Å². The molecule has 0 radical (unpaired) electrons. The molecule has 7 nitrogen and oxygen atoms in total. The summed E-state index contributed by atoms with van der Waals surface area (Å²) < 4.78 is 5.45. The van der Waals surface area contributed by atoms with Crippen molar-refractivity contribution in [3.63, 3.8) is 0 Å². The summed E-state index contributed by atoms with van der Waals surface area (Å²) in [6.07, 6.45) is 1.01. The zero-order valence-corrected chi connectivity index (χ0v) is 11.9. The maximum atomic E-state index is 11.1. The van der Waals surface area contributed by atoms with Crippen molar-refractivity contribution in [3.8, 4) is 0 Å². The van der Waals surface area contributed by atoms with E-state index in [2.05, 4.69) is 24.6 Å². The Morgan fingerprint density at radius 1 is 1.35 bits per heavy atom. The standard InChI is InChI=1S/C13H22N4O3/c1-10(2)6-8-20-9-7-15-11-4-3-5-12(16-14)13(11)17(18)19/h3-5,10,15-16H,6-9,14H2,1-2H3. The van der Waals surface area contributed by atoms with Crippen LogP contribution in [0.5, 0.6) is 0 Å². The molecule has 0 fully saturated rings. The number of nitrogens with one attached hydrogen (secondary N) is 2. The molecule has 112 valence electrons. The van der Waals surface area contributed by atoms with E-state index in [-0.39, 0.29) is 11.4 Å². The van der Waals surface area contributed by atoms with Crippen LogP contribution in [0.2, 0.25) is 0 Å². The van der Waals surface area contributed by atoms with E-state index in [9.17, 15) is 10.1 Å². The molecule has 4 N–H and O–H groups in total. The van der Waals surface area contributed by atoms with Gasteiger partial charge in [-0.1, -0.05) is 19.9 Å². The minimum Gasteiger partial charge on any atom is -0.380 e. The van der Waals surface area contributed by atoms with E-state index >= 15 is 0 Å². The molecule has 0 saturated heterocycles. The summed E-state index contributed by atoms with van der Waals surface area (Å²) in [5, 5.41) is 14.0. The number of nitrogens with two attached hydrogens (primary N) is 1. The number of hydrogen-bond donors (Lipinski definition) is 3. The summed E-state index contributed by atoms with van der Waals surface area (Å²) in [4.78, 5) is 10.6. The second-order valence-corrected chi connectivity index (χ2v) is 4.82. The monoisotopic (exact) mass is 282 g/mol. The van der Waals surface area contributed by atoms with Crippen LogP contribution in [-0.4, -0.2) is 24.7 Å². The summed E-state index contributed by atoms with van der Waals surface area (Å²) >= 11 is 0. The molecule has 20 heavy (non-hydrogen) atoms. The number of hydrazine groups is 1. The molecule has 0 amide bonds. The average Bonchev–Trinajstić information content (AvgIpc) is 2.41. The first-order valence-corrected chi connectivity index (χ1v) is 6.62. The first kappa shape index (κ1) is 16.2. The van der Waals surface area contributed by atoms with E-state index < -0.39 is 4.92 Å². The van der Waals surface area contributed by atoms with Crippen LogP contribution in [0.3, 0.4) is 0 Å². The van der Waals surface area contributed by atoms with Gasteiger partial charge in [-0.2, -0.15) is 0 Å². The predicted molar refractivity (Wildman–Crippen MR) is 79.7 cm³/mol. The van der Waals surface area contributed by atoms with Gasteiger partial charge in [-0.15, -0.1) is 0 Å². The zero-order chi connectivity index (χ0) is 15.0. The molecule has 1 aromatic carbocycles. The zero-order valence-electron chi connectivity index (χ0n) is 11.9. The van der Waals surface area contributed by atoms with Crippen molar-refractivity contribution in [1.29, 1.82) is 0 Å². The lowest BCUT2D eigenvalue weighted by molar-refractivity contribution is -0.383.